The Labute approximate surface area is 91.5 Å². The minimum absolute atomic E-state index is 0.471. The van der Waals surface area contributed by atoms with Gasteiger partial charge in [-0.3, -0.25) is 0 Å². The number of hydrogen-bond donors (Lipinski definition) is 0. The maximum atomic E-state index is 2.49. The van der Waals surface area contributed by atoms with Gasteiger partial charge in [-0.1, -0.05) is 67.7 Å². The molecule has 0 aliphatic rings. The van der Waals surface area contributed by atoms with Crippen molar-refractivity contribution in [1.29, 1.82) is 0 Å². The molecule has 14 heavy (non-hydrogen) atoms. The van der Waals surface area contributed by atoms with Crippen molar-refractivity contribution in [2.24, 2.45) is 16.7 Å². The Balaban J connectivity index is 4.94. The predicted molar refractivity (Wildman–Crippen MR) is 66.5 cm³/mol. The van der Waals surface area contributed by atoms with E-state index in [9.17, 15) is 0 Å². The Morgan fingerprint density at radius 2 is 1.21 bits per heavy atom. The minimum Gasteiger partial charge on any atom is -0.0651 e. The summed E-state index contributed by atoms with van der Waals surface area (Å²) >= 11 is 0. The Morgan fingerprint density at radius 1 is 0.786 bits per heavy atom. The summed E-state index contributed by atoms with van der Waals surface area (Å²) in [4.78, 5) is 0. The van der Waals surface area contributed by atoms with Crippen LogP contribution in [0.4, 0.5) is 0 Å². The molecule has 0 nitrogen and oxygen atoms in total. The van der Waals surface area contributed by atoms with Crippen LogP contribution in [0.5, 0.6) is 0 Å². The highest BCUT2D eigenvalue weighted by Crippen LogP contribution is 2.51. The molecule has 0 radical (unpaired) electrons. The molecule has 0 bridgehead atoms. The number of hydrogen-bond acceptors (Lipinski definition) is 0. The Bertz CT molecular complexity index is 153. The van der Waals surface area contributed by atoms with Gasteiger partial charge in [0.2, 0.25) is 0 Å². The van der Waals surface area contributed by atoms with Crippen LogP contribution in [0.25, 0.3) is 0 Å². The van der Waals surface area contributed by atoms with Gasteiger partial charge in [-0.2, -0.15) is 0 Å². The topological polar surface area (TPSA) is 0 Å². The lowest BCUT2D eigenvalue weighted by Crippen LogP contribution is -2.40. The van der Waals surface area contributed by atoms with Crippen molar-refractivity contribution in [2.75, 3.05) is 0 Å². The lowest BCUT2D eigenvalue weighted by Gasteiger charge is -2.49. The fourth-order valence-corrected chi connectivity index (χ4v) is 2.91. The quantitative estimate of drug-likeness (QED) is 0.545. The standard InChI is InChI=1S/C14H30/c1-8-12(9-2)14(7,11-4)13(5,6)10-3/h12H,8-11H2,1-7H3. The number of rotatable bonds is 6. The zero-order chi connectivity index (χ0) is 11.4. The molecule has 0 aliphatic carbocycles. The lowest BCUT2D eigenvalue weighted by atomic mass is 9.56. The molecule has 0 amide bonds. The molecule has 0 spiro atoms. The lowest BCUT2D eigenvalue weighted by molar-refractivity contribution is 0.00757. The fraction of sp³-hybridized carbons (Fsp3) is 1.00. The molecule has 0 aromatic rings. The van der Waals surface area contributed by atoms with E-state index in [0.717, 1.165) is 5.92 Å². The second-order valence-corrected chi connectivity index (χ2v) is 5.52. The van der Waals surface area contributed by atoms with Crippen molar-refractivity contribution < 1.29 is 0 Å². The molecule has 0 N–H and O–H groups in total. The molecular formula is C14H30. The van der Waals surface area contributed by atoms with E-state index in [-0.39, 0.29) is 0 Å². The van der Waals surface area contributed by atoms with E-state index in [1.54, 1.807) is 0 Å². The van der Waals surface area contributed by atoms with Crippen LogP contribution in [-0.4, -0.2) is 0 Å². The third kappa shape index (κ3) is 2.32. The maximum Gasteiger partial charge on any atom is -0.0249 e. The molecule has 0 heteroatoms. The van der Waals surface area contributed by atoms with Crippen LogP contribution in [0.3, 0.4) is 0 Å². The molecule has 0 aliphatic heterocycles. The van der Waals surface area contributed by atoms with Crippen molar-refractivity contribution >= 4 is 0 Å². The second-order valence-electron chi connectivity index (χ2n) is 5.52. The first-order chi connectivity index (χ1) is 6.39. The highest BCUT2D eigenvalue weighted by Gasteiger charge is 2.42. The summed E-state index contributed by atoms with van der Waals surface area (Å²) in [5.41, 5.74) is 0.976. The van der Waals surface area contributed by atoms with Gasteiger partial charge in [0, 0.05) is 0 Å². The fourth-order valence-electron chi connectivity index (χ4n) is 2.91. The Hall–Kier alpha value is 0. The predicted octanol–water partition coefficient (Wildman–Crippen LogP) is 5.28. The normalized spacial score (nSPS) is 17.1. The van der Waals surface area contributed by atoms with Gasteiger partial charge in [0.05, 0.1) is 0 Å². The van der Waals surface area contributed by atoms with Crippen molar-refractivity contribution in [3.8, 4) is 0 Å². The van der Waals surface area contributed by atoms with E-state index in [2.05, 4.69) is 48.5 Å². The van der Waals surface area contributed by atoms with Crippen LogP contribution >= 0.6 is 0 Å². The van der Waals surface area contributed by atoms with Crippen LogP contribution in [-0.2, 0) is 0 Å². The molecule has 0 rings (SSSR count). The zero-order valence-corrected chi connectivity index (χ0v) is 11.4. The molecule has 0 aromatic carbocycles. The molecule has 86 valence electrons. The van der Waals surface area contributed by atoms with Crippen LogP contribution in [0.2, 0.25) is 0 Å². The van der Waals surface area contributed by atoms with E-state index in [1.165, 1.54) is 25.7 Å². The van der Waals surface area contributed by atoms with E-state index < -0.39 is 0 Å². The van der Waals surface area contributed by atoms with E-state index in [4.69, 9.17) is 0 Å². The summed E-state index contributed by atoms with van der Waals surface area (Å²) in [6, 6.07) is 0. The minimum atomic E-state index is 0.471. The van der Waals surface area contributed by atoms with Gasteiger partial charge < -0.3 is 0 Å². The third-order valence-corrected chi connectivity index (χ3v) is 5.05. The van der Waals surface area contributed by atoms with Gasteiger partial charge in [-0.15, -0.1) is 0 Å². The van der Waals surface area contributed by atoms with E-state index in [1.807, 2.05) is 0 Å². The van der Waals surface area contributed by atoms with Gasteiger partial charge in [0.15, 0.2) is 0 Å². The van der Waals surface area contributed by atoms with E-state index >= 15 is 0 Å². The summed E-state index contributed by atoms with van der Waals surface area (Å²) in [7, 11) is 0. The van der Waals surface area contributed by atoms with Gasteiger partial charge in [0.1, 0.15) is 0 Å². The second kappa shape index (κ2) is 5.19. The average Bonchev–Trinajstić information content (AvgIpc) is 2.18. The summed E-state index contributed by atoms with van der Waals surface area (Å²) < 4.78 is 0. The monoisotopic (exact) mass is 198 g/mol. The smallest absolute Gasteiger partial charge is 0.0249 e. The molecule has 1 atom stereocenters. The first kappa shape index (κ1) is 14.0. The first-order valence-electron chi connectivity index (χ1n) is 6.39. The van der Waals surface area contributed by atoms with Gasteiger partial charge >= 0.3 is 0 Å². The van der Waals surface area contributed by atoms with Crippen molar-refractivity contribution in [1.82, 2.24) is 0 Å². The molecule has 0 saturated heterocycles. The average molecular weight is 198 g/mol. The Morgan fingerprint density at radius 3 is 1.43 bits per heavy atom. The Kier molecular flexibility index (Phi) is 5.19. The van der Waals surface area contributed by atoms with Gasteiger partial charge in [-0.05, 0) is 23.2 Å². The summed E-state index contributed by atoms with van der Waals surface area (Å²) in [6.07, 6.45) is 5.24. The van der Waals surface area contributed by atoms with Crippen LogP contribution < -0.4 is 0 Å². The highest BCUT2D eigenvalue weighted by atomic mass is 14.5. The van der Waals surface area contributed by atoms with Crippen LogP contribution in [0, 0.1) is 16.7 Å². The molecule has 0 heterocycles. The first-order valence-corrected chi connectivity index (χ1v) is 6.39. The maximum absolute atomic E-state index is 2.49. The molecule has 1 unspecified atom stereocenters. The largest absolute Gasteiger partial charge is 0.0651 e. The molecule has 0 fully saturated rings. The molecule has 0 aromatic heterocycles. The third-order valence-electron chi connectivity index (χ3n) is 5.05. The van der Waals surface area contributed by atoms with Crippen molar-refractivity contribution in [3.05, 3.63) is 0 Å². The molecular weight excluding hydrogens is 168 g/mol. The zero-order valence-electron chi connectivity index (χ0n) is 11.4. The summed E-state index contributed by atoms with van der Waals surface area (Å²) in [5.74, 6) is 0.877. The van der Waals surface area contributed by atoms with Crippen molar-refractivity contribution in [2.45, 2.75) is 74.1 Å². The molecule has 0 saturated carbocycles. The van der Waals surface area contributed by atoms with Crippen LogP contribution in [0.15, 0.2) is 0 Å². The van der Waals surface area contributed by atoms with Crippen LogP contribution in [0.1, 0.15) is 74.1 Å². The summed E-state index contributed by atoms with van der Waals surface area (Å²) in [6.45, 7) is 16.7. The highest BCUT2D eigenvalue weighted by molar-refractivity contribution is 4.92. The van der Waals surface area contributed by atoms with Gasteiger partial charge in [0.25, 0.3) is 0 Å². The van der Waals surface area contributed by atoms with Crippen molar-refractivity contribution in [3.63, 3.8) is 0 Å². The SMILES string of the molecule is CCC(CC)C(C)(CC)C(C)(C)CC. The van der Waals surface area contributed by atoms with E-state index in [0.29, 0.717) is 10.8 Å². The summed E-state index contributed by atoms with van der Waals surface area (Å²) in [5, 5.41) is 0. The van der Waals surface area contributed by atoms with Gasteiger partial charge in [-0.25, -0.2) is 0 Å².